The first kappa shape index (κ1) is 18.5. The van der Waals surface area contributed by atoms with Crippen LogP contribution in [0.2, 0.25) is 0 Å². The van der Waals surface area contributed by atoms with Crippen LogP contribution in [0.1, 0.15) is 26.3 Å². The van der Waals surface area contributed by atoms with E-state index in [0.29, 0.717) is 12.5 Å². The van der Waals surface area contributed by atoms with Gasteiger partial charge in [0.25, 0.3) is 0 Å². The Bertz CT molecular complexity index is 561. The fourth-order valence-electron chi connectivity index (χ4n) is 1.94. The fraction of sp³-hybridized carbons (Fsp3) is 0.375. The molecule has 0 aliphatic carbocycles. The van der Waals surface area contributed by atoms with Crippen LogP contribution in [0.5, 0.6) is 0 Å². The minimum Gasteiger partial charge on any atom is -0.698 e. The molecule has 1 saturated heterocycles. The summed E-state index contributed by atoms with van der Waals surface area (Å²) < 4.78 is 10.2. The van der Waals surface area contributed by atoms with Gasteiger partial charge < -0.3 is 15.2 Å². The summed E-state index contributed by atoms with van der Waals surface area (Å²) >= 11 is 0. The maximum absolute atomic E-state index is 7.68. The van der Waals surface area contributed by atoms with Crippen molar-refractivity contribution in [2.45, 2.75) is 33.5 Å². The Kier molecular flexibility index (Phi) is 6.73. The van der Waals surface area contributed by atoms with Gasteiger partial charge in [0.1, 0.15) is 6.79 Å². The second-order valence-corrected chi connectivity index (χ2v) is 5.21. The van der Waals surface area contributed by atoms with E-state index in [1.165, 1.54) is 5.92 Å². The number of pyridine rings is 1. The van der Waals surface area contributed by atoms with Crippen LogP contribution in [0.15, 0.2) is 30.6 Å². The Labute approximate surface area is 151 Å². The summed E-state index contributed by atoms with van der Waals surface area (Å²) in [5, 5.41) is 2.05. The molecule has 1 N–H and O–H groups in total. The molecule has 0 unspecified atom stereocenters. The monoisotopic (exact) mass is 361 g/mol. The molecule has 1 fully saturated rings. The Hall–Kier alpha value is -0.546. The third-order valence-corrected chi connectivity index (χ3v) is 3.55. The zero-order valence-electron chi connectivity index (χ0n) is 12.9. The second-order valence-electron chi connectivity index (χ2n) is 5.21. The second kappa shape index (κ2) is 7.64. The smallest absolute Gasteiger partial charge is 0.147 e. The SMILES string of the molecule is C[C-](C)C1(C)OCO1.Cc1cncc2cccc([NH-])c12.[Y]. The van der Waals surface area contributed by atoms with Crippen LogP contribution < -0.4 is 0 Å². The van der Waals surface area contributed by atoms with E-state index < -0.39 is 0 Å². The molecule has 111 valence electrons. The summed E-state index contributed by atoms with van der Waals surface area (Å²) in [6.45, 7) is 8.35. The van der Waals surface area contributed by atoms with E-state index in [2.05, 4.69) is 4.98 Å². The van der Waals surface area contributed by atoms with Crippen LogP contribution >= 0.6 is 0 Å². The van der Waals surface area contributed by atoms with Crippen molar-refractivity contribution in [1.82, 2.24) is 4.98 Å². The van der Waals surface area contributed by atoms with Crippen molar-refractivity contribution in [2.24, 2.45) is 0 Å². The molecule has 1 aromatic carbocycles. The summed E-state index contributed by atoms with van der Waals surface area (Å²) in [5.74, 6) is 0.809. The number of nitrogens with one attached hydrogen (secondary N) is 1. The largest absolute Gasteiger partial charge is 0.698 e. The molecule has 3 rings (SSSR count). The number of rotatable bonds is 1. The Balaban J connectivity index is 0.000000216. The summed E-state index contributed by atoms with van der Waals surface area (Å²) in [6, 6.07) is 5.66. The number of nitrogens with zero attached hydrogens (tertiary/aromatic N) is 1. The molecule has 2 heterocycles. The first-order valence-electron chi connectivity index (χ1n) is 6.57. The first-order valence-corrected chi connectivity index (χ1v) is 6.57. The maximum Gasteiger partial charge on any atom is 0.147 e. The molecule has 4 nitrogen and oxygen atoms in total. The Morgan fingerprint density at radius 2 is 1.90 bits per heavy atom. The molecule has 5 heteroatoms. The van der Waals surface area contributed by atoms with E-state index in [9.17, 15) is 0 Å². The number of aromatic nitrogens is 1. The summed E-state index contributed by atoms with van der Waals surface area (Å²) in [7, 11) is 0. The van der Waals surface area contributed by atoms with Gasteiger partial charge in [-0.2, -0.15) is 13.8 Å². The summed E-state index contributed by atoms with van der Waals surface area (Å²) in [6.07, 6.45) is 3.58. The molecule has 0 atom stereocenters. The van der Waals surface area contributed by atoms with Crippen LogP contribution in [-0.4, -0.2) is 17.6 Å². The molecule has 1 aliphatic rings. The molecule has 0 amide bonds. The molecule has 0 saturated carbocycles. The van der Waals surface area contributed by atoms with Crippen molar-refractivity contribution in [3.63, 3.8) is 0 Å². The fourth-order valence-corrected chi connectivity index (χ4v) is 1.94. The van der Waals surface area contributed by atoms with Crippen LogP contribution in [0.25, 0.3) is 16.5 Å². The van der Waals surface area contributed by atoms with Crippen LogP contribution in [0, 0.1) is 12.8 Å². The van der Waals surface area contributed by atoms with Crippen molar-refractivity contribution in [3.05, 3.63) is 47.8 Å². The molecular formula is C16H20N2O2Y-2. The van der Waals surface area contributed by atoms with Crippen molar-refractivity contribution >= 4 is 16.5 Å². The molecule has 1 aliphatic heterocycles. The standard InChI is InChI=1S/C10H9N2.C6H11O2.Y/c1-7-5-12-6-8-3-2-4-9(11)10(7)8;1-5(2)6(3)7-4-8-6;/h2-6,11H,1H3;4H2,1-3H3;/q2*-1;. The predicted octanol–water partition coefficient (Wildman–Crippen LogP) is 4.55. The average molecular weight is 361 g/mol. The maximum atomic E-state index is 7.68. The van der Waals surface area contributed by atoms with Gasteiger partial charge in [0.2, 0.25) is 0 Å². The van der Waals surface area contributed by atoms with E-state index >= 15 is 0 Å². The van der Waals surface area contributed by atoms with E-state index in [-0.39, 0.29) is 38.5 Å². The predicted molar refractivity (Wildman–Crippen MR) is 80.5 cm³/mol. The van der Waals surface area contributed by atoms with Gasteiger partial charge in [-0.25, -0.2) is 0 Å². The molecule has 21 heavy (non-hydrogen) atoms. The molecule has 2 aromatic rings. The van der Waals surface area contributed by atoms with E-state index in [4.69, 9.17) is 15.2 Å². The molecule has 0 bridgehead atoms. The Morgan fingerprint density at radius 3 is 2.33 bits per heavy atom. The molecule has 0 spiro atoms. The van der Waals surface area contributed by atoms with E-state index in [1.54, 1.807) is 18.5 Å². The molecular weight excluding hydrogens is 341 g/mol. The number of hydrogen-bond acceptors (Lipinski definition) is 3. The summed E-state index contributed by atoms with van der Waals surface area (Å²) in [5.41, 5.74) is 9.32. The van der Waals surface area contributed by atoms with Crippen molar-refractivity contribution in [1.29, 1.82) is 0 Å². The van der Waals surface area contributed by atoms with Gasteiger partial charge >= 0.3 is 0 Å². The van der Waals surface area contributed by atoms with Gasteiger partial charge in [0.05, 0.1) is 5.79 Å². The Morgan fingerprint density at radius 1 is 1.24 bits per heavy atom. The number of aryl methyl sites for hydroxylation is 1. The third-order valence-electron chi connectivity index (χ3n) is 3.55. The topological polar surface area (TPSA) is 55.2 Å². The average Bonchev–Trinajstić information content (AvgIpc) is 2.37. The number of fused-ring (bicyclic) bond motifs is 1. The normalized spacial score (nSPS) is 15.7. The van der Waals surface area contributed by atoms with Gasteiger partial charge in [0.15, 0.2) is 0 Å². The molecule has 1 radical (unpaired) electrons. The van der Waals surface area contributed by atoms with Gasteiger partial charge in [-0.05, 0) is 30.2 Å². The quantitative estimate of drug-likeness (QED) is 0.701. The van der Waals surface area contributed by atoms with Crippen LogP contribution in [-0.2, 0) is 42.2 Å². The minimum atomic E-state index is -0.361. The van der Waals surface area contributed by atoms with Gasteiger partial charge in [-0.3, -0.25) is 10.9 Å². The van der Waals surface area contributed by atoms with E-state index in [1.807, 2.05) is 39.8 Å². The van der Waals surface area contributed by atoms with Crippen LogP contribution in [0.4, 0.5) is 5.69 Å². The molecule has 1 aromatic heterocycles. The summed E-state index contributed by atoms with van der Waals surface area (Å²) in [4.78, 5) is 4.07. The van der Waals surface area contributed by atoms with Gasteiger partial charge in [-0.15, -0.1) is 5.69 Å². The van der Waals surface area contributed by atoms with Crippen molar-refractivity contribution in [3.8, 4) is 0 Å². The number of benzene rings is 1. The number of ether oxygens (including phenoxy) is 2. The van der Waals surface area contributed by atoms with E-state index in [0.717, 1.165) is 16.3 Å². The van der Waals surface area contributed by atoms with Crippen molar-refractivity contribution < 1.29 is 42.2 Å². The van der Waals surface area contributed by atoms with Crippen LogP contribution in [0.3, 0.4) is 0 Å². The number of hydrogen-bond donors (Lipinski definition) is 0. The zero-order valence-corrected chi connectivity index (χ0v) is 15.8. The van der Waals surface area contributed by atoms with Crippen molar-refractivity contribution in [2.75, 3.05) is 6.79 Å². The minimum absolute atomic E-state index is 0. The third kappa shape index (κ3) is 4.22. The zero-order chi connectivity index (χ0) is 14.8. The van der Waals surface area contributed by atoms with Gasteiger partial charge in [0, 0.05) is 45.1 Å². The van der Waals surface area contributed by atoms with Gasteiger partial charge in [-0.1, -0.05) is 18.2 Å². The first-order chi connectivity index (χ1) is 9.44.